The van der Waals surface area contributed by atoms with E-state index in [2.05, 4.69) is 36.1 Å². The minimum Gasteiger partial charge on any atom is -0.310 e. The molecule has 0 bridgehead atoms. The van der Waals surface area contributed by atoms with E-state index in [4.69, 9.17) is 0 Å². The van der Waals surface area contributed by atoms with E-state index in [0.29, 0.717) is 5.54 Å². The van der Waals surface area contributed by atoms with Gasteiger partial charge in [-0.2, -0.15) is 0 Å². The maximum atomic E-state index is 3.74. The molecule has 2 atom stereocenters. The predicted octanol–water partition coefficient (Wildman–Crippen LogP) is 1.15. The molecule has 0 radical (unpaired) electrons. The quantitative estimate of drug-likeness (QED) is 0.774. The van der Waals surface area contributed by atoms with E-state index in [9.17, 15) is 0 Å². The number of likely N-dealkylation sites (N-methyl/N-ethyl adjacent to an activating group) is 1. The van der Waals surface area contributed by atoms with Crippen LogP contribution in [0.25, 0.3) is 0 Å². The lowest BCUT2D eigenvalue weighted by atomic mass is 9.93. The molecule has 2 unspecified atom stereocenters. The lowest BCUT2D eigenvalue weighted by Gasteiger charge is -2.33. The van der Waals surface area contributed by atoms with Gasteiger partial charge in [0.2, 0.25) is 0 Å². The van der Waals surface area contributed by atoms with Crippen molar-refractivity contribution in [2.24, 2.45) is 0 Å². The van der Waals surface area contributed by atoms with Crippen molar-refractivity contribution in [1.82, 2.24) is 15.1 Å². The summed E-state index contributed by atoms with van der Waals surface area (Å²) < 4.78 is 0. The summed E-state index contributed by atoms with van der Waals surface area (Å²) in [4.78, 5) is 5.03. The van der Waals surface area contributed by atoms with E-state index in [-0.39, 0.29) is 0 Å². The first-order valence-electron chi connectivity index (χ1n) is 6.79. The zero-order chi connectivity index (χ0) is 11.6. The highest BCUT2D eigenvalue weighted by Gasteiger charge is 2.35. The highest BCUT2D eigenvalue weighted by molar-refractivity contribution is 4.96. The fourth-order valence-corrected chi connectivity index (χ4v) is 3.22. The Bertz CT molecular complexity index is 221. The molecule has 2 aliphatic rings. The normalized spacial score (nSPS) is 36.4. The van der Waals surface area contributed by atoms with Crippen LogP contribution >= 0.6 is 0 Å². The van der Waals surface area contributed by atoms with Gasteiger partial charge in [0.15, 0.2) is 0 Å². The van der Waals surface area contributed by atoms with E-state index < -0.39 is 0 Å². The number of nitrogens with zero attached hydrogens (tertiary/aromatic N) is 2. The van der Waals surface area contributed by atoms with Gasteiger partial charge in [-0.05, 0) is 52.9 Å². The van der Waals surface area contributed by atoms with Crippen molar-refractivity contribution < 1.29 is 0 Å². The number of likely N-dealkylation sites (tertiary alicyclic amines) is 1. The summed E-state index contributed by atoms with van der Waals surface area (Å²) in [5, 5.41) is 3.74. The molecule has 0 amide bonds. The van der Waals surface area contributed by atoms with Gasteiger partial charge in [-0.15, -0.1) is 0 Å². The van der Waals surface area contributed by atoms with E-state index in [0.717, 1.165) is 6.04 Å². The molecule has 2 heterocycles. The molecule has 0 saturated carbocycles. The molecule has 94 valence electrons. The van der Waals surface area contributed by atoms with Gasteiger partial charge < -0.3 is 10.2 Å². The van der Waals surface area contributed by atoms with Crippen LogP contribution in [0.1, 0.15) is 32.6 Å². The van der Waals surface area contributed by atoms with E-state index >= 15 is 0 Å². The average molecular weight is 225 g/mol. The fourth-order valence-electron chi connectivity index (χ4n) is 3.22. The smallest absolute Gasteiger partial charge is 0.0306 e. The minimum absolute atomic E-state index is 0.432. The highest BCUT2D eigenvalue weighted by Crippen LogP contribution is 2.26. The summed E-state index contributed by atoms with van der Waals surface area (Å²) in [5.41, 5.74) is 0.432. The molecule has 2 fully saturated rings. The standard InChI is InChI=1S/C13H27N3/c1-4-13(7-5-8-14-13)11-16-9-6-12(10-16)15(2)3/h12,14H,4-11H2,1-3H3. The summed E-state index contributed by atoms with van der Waals surface area (Å²) in [5.74, 6) is 0. The second-order valence-electron chi connectivity index (χ2n) is 5.81. The van der Waals surface area contributed by atoms with Crippen LogP contribution in [0.3, 0.4) is 0 Å². The second kappa shape index (κ2) is 5.03. The van der Waals surface area contributed by atoms with Crippen LogP contribution in [0.2, 0.25) is 0 Å². The van der Waals surface area contributed by atoms with Gasteiger partial charge in [0.05, 0.1) is 0 Å². The average Bonchev–Trinajstić information content (AvgIpc) is 2.88. The van der Waals surface area contributed by atoms with E-state index in [1.165, 1.54) is 51.9 Å². The molecule has 0 aromatic carbocycles. The van der Waals surface area contributed by atoms with Crippen molar-refractivity contribution in [1.29, 1.82) is 0 Å². The minimum atomic E-state index is 0.432. The third-order valence-corrected chi connectivity index (χ3v) is 4.51. The zero-order valence-electron chi connectivity index (χ0n) is 11.1. The van der Waals surface area contributed by atoms with E-state index in [1.807, 2.05) is 0 Å². The highest BCUT2D eigenvalue weighted by atomic mass is 15.2. The molecule has 2 aliphatic heterocycles. The third-order valence-electron chi connectivity index (χ3n) is 4.51. The largest absolute Gasteiger partial charge is 0.310 e. The van der Waals surface area contributed by atoms with Crippen LogP contribution in [0, 0.1) is 0 Å². The monoisotopic (exact) mass is 225 g/mol. The van der Waals surface area contributed by atoms with Crippen LogP contribution in [0.4, 0.5) is 0 Å². The topological polar surface area (TPSA) is 18.5 Å². The maximum Gasteiger partial charge on any atom is 0.0306 e. The van der Waals surface area contributed by atoms with Gasteiger partial charge in [0.1, 0.15) is 0 Å². The van der Waals surface area contributed by atoms with Crippen molar-refractivity contribution in [3.8, 4) is 0 Å². The molecule has 2 saturated heterocycles. The summed E-state index contributed by atoms with van der Waals surface area (Å²) in [6.07, 6.45) is 5.34. The van der Waals surface area contributed by atoms with Crippen LogP contribution in [-0.2, 0) is 0 Å². The summed E-state index contributed by atoms with van der Waals surface area (Å²) in [7, 11) is 4.41. The molecule has 1 N–H and O–H groups in total. The SMILES string of the molecule is CCC1(CN2CCC(N(C)C)C2)CCCN1. The molecule has 3 heteroatoms. The van der Waals surface area contributed by atoms with Gasteiger partial charge in [-0.1, -0.05) is 6.92 Å². The van der Waals surface area contributed by atoms with Crippen LogP contribution in [0.5, 0.6) is 0 Å². The van der Waals surface area contributed by atoms with E-state index in [1.54, 1.807) is 0 Å². The summed E-state index contributed by atoms with van der Waals surface area (Å²) in [6, 6.07) is 0.773. The van der Waals surface area contributed by atoms with Crippen LogP contribution in [0.15, 0.2) is 0 Å². The van der Waals surface area contributed by atoms with Crippen molar-refractivity contribution >= 4 is 0 Å². The number of hydrogen-bond acceptors (Lipinski definition) is 3. The van der Waals surface area contributed by atoms with Crippen LogP contribution < -0.4 is 5.32 Å². The molecule has 16 heavy (non-hydrogen) atoms. The van der Waals surface area contributed by atoms with Gasteiger partial charge in [-0.25, -0.2) is 0 Å². The summed E-state index contributed by atoms with van der Waals surface area (Å²) in [6.45, 7) is 7.35. The fraction of sp³-hybridized carbons (Fsp3) is 1.00. The Kier molecular flexibility index (Phi) is 3.88. The molecular formula is C13H27N3. The Morgan fingerprint density at radius 1 is 1.44 bits per heavy atom. The van der Waals surface area contributed by atoms with Crippen molar-refractivity contribution in [2.45, 2.75) is 44.2 Å². The lowest BCUT2D eigenvalue weighted by Crippen LogP contribution is -2.49. The second-order valence-corrected chi connectivity index (χ2v) is 5.81. The van der Waals surface area contributed by atoms with Crippen LogP contribution in [-0.4, -0.2) is 61.7 Å². The van der Waals surface area contributed by atoms with Gasteiger partial charge in [0, 0.05) is 24.7 Å². The number of hydrogen-bond donors (Lipinski definition) is 1. The van der Waals surface area contributed by atoms with Crippen molar-refractivity contribution in [3.63, 3.8) is 0 Å². The van der Waals surface area contributed by atoms with Gasteiger partial charge in [-0.3, -0.25) is 4.90 Å². The Hall–Kier alpha value is -0.120. The first-order valence-corrected chi connectivity index (χ1v) is 6.79. The predicted molar refractivity (Wildman–Crippen MR) is 68.8 cm³/mol. The molecule has 3 nitrogen and oxygen atoms in total. The zero-order valence-corrected chi connectivity index (χ0v) is 11.1. The Balaban J connectivity index is 1.86. The molecular weight excluding hydrogens is 198 g/mol. The van der Waals surface area contributed by atoms with Crippen molar-refractivity contribution in [2.75, 3.05) is 40.3 Å². The number of rotatable bonds is 4. The molecule has 0 aromatic rings. The molecule has 2 rings (SSSR count). The van der Waals surface area contributed by atoms with Gasteiger partial charge >= 0.3 is 0 Å². The maximum absolute atomic E-state index is 3.74. The molecule has 0 aromatic heterocycles. The third kappa shape index (κ3) is 2.58. The Morgan fingerprint density at radius 3 is 2.75 bits per heavy atom. The Morgan fingerprint density at radius 2 is 2.25 bits per heavy atom. The number of nitrogens with one attached hydrogen (secondary N) is 1. The first kappa shape index (κ1) is 12.3. The van der Waals surface area contributed by atoms with Gasteiger partial charge in [0.25, 0.3) is 0 Å². The molecule has 0 spiro atoms. The molecule has 0 aliphatic carbocycles. The summed E-state index contributed by atoms with van der Waals surface area (Å²) >= 11 is 0. The van der Waals surface area contributed by atoms with Crippen molar-refractivity contribution in [3.05, 3.63) is 0 Å². The Labute approximate surface area is 100 Å². The lowest BCUT2D eigenvalue weighted by molar-refractivity contribution is 0.203. The first-order chi connectivity index (χ1) is 7.65.